The molecule has 3 aromatic rings. The summed E-state index contributed by atoms with van der Waals surface area (Å²) in [6.45, 7) is 7.08. The van der Waals surface area contributed by atoms with Crippen molar-refractivity contribution in [1.82, 2.24) is 29.8 Å². The summed E-state index contributed by atoms with van der Waals surface area (Å²) in [6.07, 6.45) is 8.40. The van der Waals surface area contributed by atoms with Crippen molar-refractivity contribution in [2.75, 3.05) is 31.1 Å². The predicted octanol–water partition coefficient (Wildman–Crippen LogP) is 3.15. The van der Waals surface area contributed by atoms with Gasteiger partial charge < -0.3 is 9.42 Å². The number of hydrogen-bond donors (Lipinski definition) is 0. The molecule has 0 aromatic carbocycles. The van der Waals surface area contributed by atoms with Crippen LogP contribution in [0.3, 0.4) is 0 Å². The highest BCUT2D eigenvalue weighted by Gasteiger charge is 2.27. The van der Waals surface area contributed by atoms with Gasteiger partial charge in [0.2, 0.25) is 5.95 Å². The summed E-state index contributed by atoms with van der Waals surface area (Å²) in [6, 6.07) is 4.08. The normalized spacial score (nSPS) is 18.4. The Morgan fingerprint density at radius 3 is 2.60 bits per heavy atom. The van der Waals surface area contributed by atoms with Gasteiger partial charge in [0.25, 0.3) is 0 Å². The minimum absolute atomic E-state index is 0.401. The number of hydrogen-bond acceptors (Lipinski definition) is 7. The molecule has 0 amide bonds. The molecule has 0 atom stereocenters. The first-order valence-electron chi connectivity index (χ1n) is 10.9. The van der Waals surface area contributed by atoms with E-state index < -0.39 is 0 Å². The second-order valence-electron chi connectivity index (χ2n) is 8.49. The molecule has 30 heavy (non-hydrogen) atoms. The average molecular weight is 408 g/mol. The lowest BCUT2D eigenvalue weighted by Gasteiger charge is -2.32. The van der Waals surface area contributed by atoms with Crippen LogP contribution in [-0.4, -0.2) is 56.0 Å². The monoisotopic (exact) mass is 407 g/mol. The van der Waals surface area contributed by atoms with Crippen LogP contribution in [0.4, 0.5) is 5.95 Å². The summed E-state index contributed by atoms with van der Waals surface area (Å²) in [4.78, 5) is 14.6. The zero-order valence-corrected chi connectivity index (χ0v) is 17.8. The van der Waals surface area contributed by atoms with E-state index in [2.05, 4.69) is 31.1 Å². The van der Waals surface area contributed by atoms with E-state index in [9.17, 15) is 0 Å². The Hall–Kier alpha value is -2.74. The highest BCUT2D eigenvalue weighted by atomic mass is 16.5. The third-order valence-electron chi connectivity index (χ3n) is 6.37. The summed E-state index contributed by atoms with van der Waals surface area (Å²) in [5, 5.41) is 8.38. The van der Waals surface area contributed by atoms with Crippen LogP contribution in [0, 0.1) is 6.92 Å². The van der Waals surface area contributed by atoms with Crippen LogP contribution in [0.5, 0.6) is 0 Å². The first kappa shape index (κ1) is 19.2. The van der Waals surface area contributed by atoms with Gasteiger partial charge in [-0.25, -0.2) is 9.97 Å². The van der Waals surface area contributed by atoms with Gasteiger partial charge in [0, 0.05) is 51.1 Å². The third-order valence-corrected chi connectivity index (χ3v) is 6.37. The molecule has 2 fully saturated rings. The Labute approximate surface area is 176 Å². The minimum Gasteiger partial charge on any atom is -0.356 e. The van der Waals surface area contributed by atoms with Gasteiger partial charge in [0.05, 0.1) is 22.6 Å². The number of anilines is 1. The smallest absolute Gasteiger partial charge is 0.225 e. The fraction of sp³-hybridized carbons (Fsp3) is 0.545. The maximum Gasteiger partial charge on any atom is 0.225 e. The number of aryl methyl sites for hydroxylation is 2. The molecule has 0 bridgehead atoms. The molecule has 5 rings (SSSR count). The molecule has 2 aliphatic rings. The van der Waals surface area contributed by atoms with Gasteiger partial charge in [0.1, 0.15) is 0 Å². The van der Waals surface area contributed by atoms with Crippen molar-refractivity contribution in [3.8, 4) is 11.3 Å². The van der Waals surface area contributed by atoms with Gasteiger partial charge >= 0.3 is 0 Å². The quantitative estimate of drug-likeness (QED) is 0.643. The predicted molar refractivity (Wildman–Crippen MR) is 114 cm³/mol. The number of rotatable bonds is 5. The average Bonchev–Trinajstić information content (AvgIpc) is 3.52. The SMILES string of the molecule is Cc1cc(-c2cnc(N3CCCC3)nc2C2CCN(Cc3ccnn3C)CC2)on1. The van der Waals surface area contributed by atoms with Crippen molar-refractivity contribution < 1.29 is 4.52 Å². The standard InChI is InChI=1S/C22H29N7O/c1-16-13-20(30-26-16)19-14-23-22(29-9-3-4-10-29)25-21(19)17-6-11-28(12-7-17)15-18-5-8-24-27(18)2/h5,8,13-14,17H,3-4,6-7,9-12,15H2,1-2H3. The van der Waals surface area contributed by atoms with E-state index in [1.54, 1.807) is 0 Å². The topological polar surface area (TPSA) is 76.1 Å². The molecule has 0 saturated carbocycles. The molecule has 0 radical (unpaired) electrons. The highest BCUT2D eigenvalue weighted by Crippen LogP contribution is 2.35. The molecule has 8 nitrogen and oxygen atoms in total. The molecule has 158 valence electrons. The second-order valence-corrected chi connectivity index (χ2v) is 8.49. The lowest BCUT2D eigenvalue weighted by molar-refractivity contribution is 0.199. The highest BCUT2D eigenvalue weighted by molar-refractivity contribution is 5.61. The zero-order valence-electron chi connectivity index (χ0n) is 17.8. The fourth-order valence-electron chi connectivity index (χ4n) is 4.60. The first-order valence-corrected chi connectivity index (χ1v) is 10.9. The number of piperidine rings is 1. The van der Waals surface area contributed by atoms with E-state index in [1.807, 2.05) is 37.1 Å². The summed E-state index contributed by atoms with van der Waals surface area (Å²) in [5.41, 5.74) is 4.24. The summed E-state index contributed by atoms with van der Waals surface area (Å²) in [5.74, 6) is 2.03. The fourth-order valence-corrected chi connectivity index (χ4v) is 4.60. The van der Waals surface area contributed by atoms with E-state index in [-0.39, 0.29) is 0 Å². The van der Waals surface area contributed by atoms with Crippen molar-refractivity contribution in [2.45, 2.75) is 45.1 Å². The second kappa shape index (κ2) is 8.18. The third kappa shape index (κ3) is 3.84. The molecule has 0 aliphatic carbocycles. The van der Waals surface area contributed by atoms with E-state index in [4.69, 9.17) is 9.51 Å². The number of likely N-dealkylation sites (tertiary alicyclic amines) is 1. The van der Waals surface area contributed by atoms with Crippen molar-refractivity contribution in [2.24, 2.45) is 7.05 Å². The van der Waals surface area contributed by atoms with Crippen molar-refractivity contribution in [3.63, 3.8) is 0 Å². The Morgan fingerprint density at radius 1 is 1.13 bits per heavy atom. The lowest BCUT2D eigenvalue weighted by atomic mass is 9.90. The minimum atomic E-state index is 0.401. The Morgan fingerprint density at radius 2 is 1.93 bits per heavy atom. The van der Waals surface area contributed by atoms with Gasteiger partial charge in [-0.15, -0.1) is 0 Å². The molecule has 3 aromatic heterocycles. The lowest BCUT2D eigenvalue weighted by Crippen LogP contribution is -2.33. The van der Waals surface area contributed by atoms with E-state index in [1.165, 1.54) is 18.5 Å². The van der Waals surface area contributed by atoms with Crippen LogP contribution in [-0.2, 0) is 13.6 Å². The van der Waals surface area contributed by atoms with Gasteiger partial charge in [-0.1, -0.05) is 5.16 Å². The van der Waals surface area contributed by atoms with Gasteiger partial charge in [-0.2, -0.15) is 5.10 Å². The van der Waals surface area contributed by atoms with E-state index in [0.29, 0.717) is 5.92 Å². The van der Waals surface area contributed by atoms with Crippen molar-refractivity contribution >= 4 is 5.95 Å². The maximum atomic E-state index is 5.59. The van der Waals surface area contributed by atoms with Crippen molar-refractivity contribution in [1.29, 1.82) is 0 Å². The van der Waals surface area contributed by atoms with Crippen LogP contribution in [0.25, 0.3) is 11.3 Å². The summed E-state index contributed by atoms with van der Waals surface area (Å²) in [7, 11) is 2.01. The zero-order chi connectivity index (χ0) is 20.5. The summed E-state index contributed by atoms with van der Waals surface area (Å²) >= 11 is 0. The Kier molecular flexibility index (Phi) is 5.25. The molecular formula is C22H29N7O. The molecular weight excluding hydrogens is 378 g/mol. The van der Waals surface area contributed by atoms with Crippen LogP contribution >= 0.6 is 0 Å². The number of nitrogens with zero attached hydrogens (tertiary/aromatic N) is 7. The molecule has 0 N–H and O–H groups in total. The van der Waals surface area contributed by atoms with Crippen LogP contribution in [0.15, 0.2) is 29.0 Å². The Bertz CT molecular complexity index is 997. The molecule has 0 spiro atoms. The molecule has 8 heteroatoms. The summed E-state index contributed by atoms with van der Waals surface area (Å²) < 4.78 is 7.55. The van der Waals surface area contributed by atoms with Gasteiger partial charge in [-0.3, -0.25) is 9.58 Å². The first-order chi connectivity index (χ1) is 14.7. The Balaban J connectivity index is 1.38. The number of aromatic nitrogens is 5. The molecule has 2 aliphatic heterocycles. The van der Waals surface area contributed by atoms with Crippen molar-refractivity contribution in [3.05, 3.63) is 41.6 Å². The largest absolute Gasteiger partial charge is 0.356 e. The van der Waals surface area contributed by atoms with Crippen LogP contribution in [0.1, 0.15) is 48.7 Å². The van der Waals surface area contributed by atoms with E-state index >= 15 is 0 Å². The molecule has 5 heterocycles. The van der Waals surface area contributed by atoms with Crippen LogP contribution < -0.4 is 4.90 Å². The molecule has 0 unspecified atom stereocenters. The van der Waals surface area contributed by atoms with Gasteiger partial charge in [-0.05, 0) is 51.8 Å². The van der Waals surface area contributed by atoms with Gasteiger partial charge in [0.15, 0.2) is 5.76 Å². The molecule has 2 saturated heterocycles. The van der Waals surface area contributed by atoms with E-state index in [0.717, 1.165) is 74.2 Å². The van der Waals surface area contributed by atoms with Crippen LogP contribution in [0.2, 0.25) is 0 Å². The maximum absolute atomic E-state index is 5.59.